The van der Waals surface area contributed by atoms with Crippen molar-refractivity contribution < 1.29 is 14.3 Å². The van der Waals surface area contributed by atoms with Crippen LogP contribution in [0.5, 0.6) is 5.75 Å². The molecule has 0 spiro atoms. The van der Waals surface area contributed by atoms with Crippen LogP contribution in [0.15, 0.2) is 63.4 Å². The first kappa shape index (κ1) is 21.1. The van der Waals surface area contributed by atoms with Gasteiger partial charge in [0.05, 0.1) is 10.9 Å². The summed E-state index contributed by atoms with van der Waals surface area (Å²) in [5.41, 5.74) is 2.85. The second-order valence-electron chi connectivity index (χ2n) is 8.60. The highest BCUT2D eigenvalue weighted by Gasteiger charge is 2.47. The predicted molar refractivity (Wildman–Crippen MR) is 117 cm³/mol. The summed E-state index contributed by atoms with van der Waals surface area (Å²) in [6.45, 7) is 13.9. The Kier molecular flexibility index (Phi) is 5.59. The first-order chi connectivity index (χ1) is 13.6. The Morgan fingerprint density at radius 3 is 2.69 bits per heavy atom. The van der Waals surface area contributed by atoms with Crippen molar-refractivity contribution >= 4 is 11.0 Å². The minimum atomic E-state index is -1.53. The van der Waals surface area contributed by atoms with Crippen LogP contribution in [0.25, 0.3) is 11.0 Å². The van der Waals surface area contributed by atoms with Gasteiger partial charge in [0.1, 0.15) is 11.3 Å². The summed E-state index contributed by atoms with van der Waals surface area (Å²) in [4.78, 5) is 12.8. The number of benzene rings is 1. The third-order valence-electron chi connectivity index (χ3n) is 5.58. The second-order valence-corrected chi connectivity index (χ2v) is 8.60. The van der Waals surface area contributed by atoms with Crippen LogP contribution in [0.4, 0.5) is 0 Å². The van der Waals surface area contributed by atoms with Gasteiger partial charge in [-0.3, -0.25) is 0 Å². The maximum Gasteiger partial charge on any atom is 0.344 e. The number of fused-ring (bicyclic) bond motifs is 3. The molecule has 1 aromatic carbocycles. The van der Waals surface area contributed by atoms with Gasteiger partial charge in [0.25, 0.3) is 0 Å². The molecule has 29 heavy (non-hydrogen) atoms. The standard InChI is InChI=1S/C25H30O4/c1-7-24(6)15-25(27,14-17(4)11-8-10-16(2)3)29-22-20-18(5)12-9-13-19(20)28-23(26)21(22)24/h7,9-10,12-14,27H,1,8,11,15H2,2-6H3/b17-14+/t24-,25-/m0/s1. The van der Waals surface area contributed by atoms with E-state index < -0.39 is 16.8 Å². The van der Waals surface area contributed by atoms with Gasteiger partial charge in [-0.1, -0.05) is 42.4 Å². The first-order valence-corrected chi connectivity index (χ1v) is 10.0. The minimum absolute atomic E-state index is 0.193. The molecule has 4 heteroatoms. The van der Waals surface area contributed by atoms with E-state index in [1.807, 2.05) is 32.9 Å². The lowest BCUT2D eigenvalue weighted by atomic mass is 9.74. The van der Waals surface area contributed by atoms with Crippen molar-refractivity contribution in [1.82, 2.24) is 0 Å². The van der Waals surface area contributed by atoms with Gasteiger partial charge in [0, 0.05) is 11.8 Å². The highest BCUT2D eigenvalue weighted by Crippen LogP contribution is 2.47. The van der Waals surface area contributed by atoms with Crippen molar-refractivity contribution in [3.63, 3.8) is 0 Å². The van der Waals surface area contributed by atoms with Crippen LogP contribution < -0.4 is 10.4 Å². The lowest BCUT2D eigenvalue weighted by Gasteiger charge is -2.41. The highest BCUT2D eigenvalue weighted by atomic mass is 16.6. The molecule has 154 valence electrons. The maximum absolute atomic E-state index is 12.8. The van der Waals surface area contributed by atoms with E-state index in [4.69, 9.17) is 9.15 Å². The average Bonchev–Trinajstić information content (AvgIpc) is 2.60. The molecule has 0 fully saturated rings. The summed E-state index contributed by atoms with van der Waals surface area (Å²) in [5.74, 6) is -1.15. The molecule has 2 aromatic rings. The molecule has 0 unspecified atom stereocenters. The highest BCUT2D eigenvalue weighted by molar-refractivity contribution is 5.88. The Labute approximate surface area is 172 Å². The molecule has 2 heterocycles. The molecule has 0 aliphatic carbocycles. The third kappa shape index (κ3) is 4.08. The molecule has 3 rings (SSSR count). The van der Waals surface area contributed by atoms with E-state index >= 15 is 0 Å². The fourth-order valence-corrected chi connectivity index (χ4v) is 4.11. The second kappa shape index (κ2) is 7.68. The van der Waals surface area contributed by atoms with Gasteiger partial charge >= 0.3 is 5.63 Å². The minimum Gasteiger partial charge on any atom is -0.457 e. The molecule has 0 saturated heterocycles. The quantitative estimate of drug-likeness (QED) is 0.521. The van der Waals surface area contributed by atoms with E-state index in [0.29, 0.717) is 22.3 Å². The van der Waals surface area contributed by atoms with Crippen molar-refractivity contribution in [3.8, 4) is 5.75 Å². The normalized spacial score (nSPS) is 24.0. The zero-order chi connectivity index (χ0) is 21.4. The van der Waals surface area contributed by atoms with Gasteiger partial charge in [-0.2, -0.15) is 0 Å². The zero-order valence-corrected chi connectivity index (χ0v) is 18.0. The van der Waals surface area contributed by atoms with Crippen molar-refractivity contribution in [1.29, 1.82) is 0 Å². The summed E-state index contributed by atoms with van der Waals surface area (Å²) in [6, 6.07) is 5.51. The molecule has 0 radical (unpaired) electrons. The first-order valence-electron chi connectivity index (χ1n) is 10.0. The van der Waals surface area contributed by atoms with Crippen LogP contribution in [-0.2, 0) is 5.41 Å². The molecule has 0 amide bonds. The van der Waals surface area contributed by atoms with E-state index in [0.717, 1.165) is 24.0 Å². The Morgan fingerprint density at radius 1 is 1.31 bits per heavy atom. The van der Waals surface area contributed by atoms with Gasteiger partial charge in [-0.15, -0.1) is 6.58 Å². The van der Waals surface area contributed by atoms with Crippen LogP contribution >= 0.6 is 0 Å². The van der Waals surface area contributed by atoms with Crippen molar-refractivity contribution in [3.05, 3.63) is 75.7 Å². The van der Waals surface area contributed by atoms with E-state index in [2.05, 4.69) is 26.5 Å². The molecular formula is C25H30O4. The number of aryl methyl sites for hydroxylation is 1. The van der Waals surface area contributed by atoms with Crippen LogP contribution in [0.1, 0.15) is 58.1 Å². The molecule has 4 nitrogen and oxygen atoms in total. The number of allylic oxidation sites excluding steroid dienone is 4. The van der Waals surface area contributed by atoms with E-state index in [1.54, 1.807) is 18.2 Å². The molecule has 1 aromatic heterocycles. The van der Waals surface area contributed by atoms with Gasteiger partial charge in [-0.25, -0.2) is 4.79 Å². The summed E-state index contributed by atoms with van der Waals surface area (Å²) in [7, 11) is 0. The topological polar surface area (TPSA) is 59.7 Å². The molecule has 1 aliphatic rings. The zero-order valence-electron chi connectivity index (χ0n) is 18.0. The van der Waals surface area contributed by atoms with Crippen LogP contribution in [0, 0.1) is 6.92 Å². The van der Waals surface area contributed by atoms with Gasteiger partial charge < -0.3 is 14.3 Å². The molecule has 1 aliphatic heterocycles. The van der Waals surface area contributed by atoms with Crippen molar-refractivity contribution in [2.24, 2.45) is 0 Å². The van der Waals surface area contributed by atoms with Crippen LogP contribution in [0.2, 0.25) is 0 Å². The van der Waals surface area contributed by atoms with Crippen LogP contribution in [0.3, 0.4) is 0 Å². The number of aliphatic hydroxyl groups is 1. The van der Waals surface area contributed by atoms with E-state index in [-0.39, 0.29) is 6.42 Å². The third-order valence-corrected chi connectivity index (χ3v) is 5.58. The SMILES string of the molecule is C=C[C@@]1(C)C[C@](O)(/C=C(\C)CCC=C(C)C)Oc2c1c(=O)oc1cccc(C)c21. The summed E-state index contributed by atoms with van der Waals surface area (Å²) >= 11 is 0. The largest absolute Gasteiger partial charge is 0.457 e. The smallest absolute Gasteiger partial charge is 0.344 e. The Bertz CT molecular complexity index is 1070. The number of rotatable bonds is 5. The Hall–Kier alpha value is -2.59. The average molecular weight is 395 g/mol. The lowest BCUT2D eigenvalue weighted by molar-refractivity contribution is -0.120. The fraction of sp³-hybridized carbons (Fsp3) is 0.400. The van der Waals surface area contributed by atoms with Crippen molar-refractivity contribution in [2.75, 3.05) is 0 Å². The maximum atomic E-state index is 12.8. The Morgan fingerprint density at radius 2 is 2.03 bits per heavy atom. The molecule has 1 N–H and O–H groups in total. The van der Waals surface area contributed by atoms with Gasteiger partial charge in [0.2, 0.25) is 5.79 Å². The van der Waals surface area contributed by atoms with E-state index in [9.17, 15) is 9.90 Å². The van der Waals surface area contributed by atoms with Gasteiger partial charge in [-0.05, 0) is 58.2 Å². The molecule has 2 atom stereocenters. The Balaban J connectivity index is 2.15. The molecular weight excluding hydrogens is 364 g/mol. The summed E-state index contributed by atoms with van der Waals surface area (Å²) in [5, 5.41) is 12.1. The number of ether oxygens (including phenoxy) is 1. The number of hydrogen-bond acceptors (Lipinski definition) is 4. The molecule has 0 bridgehead atoms. The predicted octanol–water partition coefficient (Wildman–Crippen LogP) is 5.71. The summed E-state index contributed by atoms with van der Waals surface area (Å²) in [6.07, 6.45) is 7.57. The molecule has 0 saturated carbocycles. The summed E-state index contributed by atoms with van der Waals surface area (Å²) < 4.78 is 11.7. The van der Waals surface area contributed by atoms with Crippen molar-refractivity contribution in [2.45, 2.75) is 65.1 Å². The van der Waals surface area contributed by atoms with Gasteiger partial charge in [0.15, 0.2) is 0 Å². The fourth-order valence-electron chi connectivity index (χ4n) is 4.11. The number of hydrogen-bond donors (Lipinski definition) is 1. The van der Waals surface area contributed by atoms with E-state index in [1.165, 1.54) is 5.57 Å². The monoisotopic (exact) mass is 394 g/mol. The van der Waals surface area contributed by atoms with Crippen LogP contribution in [-0.4, -0.2) is 10.9 Å². The lowest BCUT2D eigenvalue weighted by Crippen LogP contribution is -2.47.